The van der Waals surface area contributed by atoms with E-state index < -0.39 is 11.8 Å². The Hall–Kier alpha value is -2.95. The zero-order chi connectivity index (χ0) is 16.6. The largest absolute Gasteiger partial charge is 0.452 e. The van der Waals surface area contributed by atoms with Gasteiger partial charge < -0.3 is 9.47 Å². The number of halogens is 1. The van der Waals surface area contributed by atoms with Gasteiger partial charge in [-0.25, -0.2) is 9.18 Å². The molecule has 0 spiro atoms. The fourth-order valence-electron chi connectivity index (χ4n) is 2.20. The van der Waals surface area contributed by atoms with E-state index in [1.54, 1.807) is 19.9 Å². The molecule has 2 aromatic carbocycles. The second kappa shape index (κ2) is 5.68. The lowest BCUT2D eigenvalue weighted by molar-refractivity contribution is 0.0734. The van der Waals surface area contributed by atoms with Gasteiger partial charge >= 0.3 is 5.97 Å². The lowest BCUT2D eigenvalue weighted by atomic mass is 10.1. The number of fused-ring (bicyclic) bond motifs is 1. The second-order valence-corrected chi connectivity index (χ2v) is 5.31. The van der Waals surface area contributed by atoms with E-state index in [0.29, 0.717) is 17.1 Å². The molecule has 5 heteroatoms. The third-order valence-electron chi connectivity index (χ3n) is 3.36. The third-order valence-corrected chi connectivity index (χ3v) is 3.36. The molecule has 0 amide bonds. The van der Waals surface area contributed by atoms with Crippen molar-refractivity contribution in [1.29, 1.82) is 0 Å². The molecule has 0 aliphatic carbocycles. The van der Waals surface area contributed by atoms with Gasteiger partial charge in [-0.15, -0.1) is 0 Å². The van der Waals surface area contributed by atoms with E-state index in [1.165, 1.54) is 36.4 Å². The number of benzene rings is 2. The van der Waals surface area contributed by atoms with Crippen LogP contribution in [0.25, 0.3) is 0 Å². The van der Waals surface area contributed by atoms with Gasteiger partial charge in [0.05, 0.1) is 11.1 Å². The monoisotopic (exact) mass is 312 g/mol. The quantitative estimate of drug-likeness (QED) is 0.479. The smallest absolute Gasteiger partial charge is 0.343 e. The summed E-state index contributed by atoms with van der Waals surface area (Å²) in [6, 6.07) is 9.62. The van der Waals surface area contributed by atoms with Crippen molar-refractivity contribution >= 4 is 11.8 Å². The lowest BCUT2D eigenvalue weighted by Crippen LogP contribution is -2.08. The molecule has 0 saturated heterocycles. The molecule has 3 rings (SSSR count). The summed E-state index contributed by atoms with van der Waals surface area (Å²) in [5, 5.41) is 0. The van der Waals surface area contributed by atoms with Crippen LogP contribution in [0, 0.1) is 5.82 Å². The van der Waals surface area contributed by atoms with E-state index in [9.17, 15) is 14.0 Å². The Morgan fingerprint density at radius 3 is 2.43 bits per heavy atom. The Labute approximate surface area is 132 Å². The van der Waals surface area contributed by atoms with Crippen molar-refractivity contribution < 1.29 is 23.5 Å². The topological polar surface area (TPSA) is 52.6 Å². The molecule has 0 fully saturated rings. The highest BCUT2D eigenvalue weighted by atomic mass is 19.1. The van der Waals surface area contributed by atoms with Crippen LogP contribution in [0.5, 0.6) is 11.5 Å². The number of hydrogen-bond donors (Lipinski definition) is 0. The van der Waals surface area contributed by atoms with Crippen molar-refractivity contribution in [3.8, 4) is 11.5 Å². The molecule has 1 heterocycles. The zero-order valence-corrected chi connectivity index (χ0v) is 12.6. The molecule has 4 nitrogen and oxygen atoms in total. The minimum atomic E-state index is -0.614. The summed E-state index contributed by atoms with van der Waals surface area (Å²) >= 11 is 0. The average Bonchev–Trinajstić information content (AvgIpc) is 2.84. The number of carbonyl (C=O) groups is 2. The first-order chi connectivity index (χ1) is 11.0. The van der Waals surface area contributed by atoms with Crippen molar-refractivity contribution in [1.82, 2.24) is 0 Å². The average molecular weight is 312 g/mol. The van der Waals surface area contributed by atoms with Crippen LogP contribution >= 0.6 is 0 Å². The normalized spacial score (nSPS) is 12.7. The summed E-state index contributed by atoms with van der Waals surface area (Å²) < 4.78 is 23.6. The highest BCUT2D eigenvalue weighted by Crippen LogP contribution is 2.35. The Bertz CT molecular complexity index is 831. The predicted octanol–water partition coefficient (Wildman–Crippen LogP) is 3.91. The van der Waals surface area contributed by atoms with Gasteiger partial charge in [-0.2, -0.15) is 0 Å². The Kier molecular flexibility index (Phi) is 3.70. The van der Waals surface area contributed by atoms with Gasteiger partial charge in [0.2, 0.25) is 5.78 Å². The van der Waals surface area contributed by atoms with Crippen LogP contribution < -0.4 is 9.47 Å². The molecule has 0 saturated carbocycles. The van der Waals surface area contributed by atoms with E-state index >= 15 is 0 Å². The predicted molar refractivity (Wildman–Crippen MR) is 81.1 cm³/mol. The van der Waals surface area contributed by atoms with Crippen LogP contribution in [0.2, 0.25) is 0 Å². The fourth-order valence-corrected chi connectivity index (χ4v) is 2.20. The molecular weight excluding hydrogens is 299 g/mol. The van der Waals surface area contributed by atoms with Gasteiger partial charge in [0, 0.05) is 6.07 Å². The Morgan fingerprint density at radius 2 is 1.78 bits per heavy atom. The van der Waals surface area contributed by atoms with Crippen LogP contribution in [0.1, 0.15) is 34.6 Å². The molecule has 1 aliphatic rings. The number of hydrogen-bond acceptors (Lipinski definition) is 4. The SMILES string of the molecule is CC(C)=C1Oc2cc(OC(=O)c3ccc(F)cc3)ccc2C1=O. The van der Waals surface area contributed by atoms with Gasteiger partial charge in [0.1, 0.15) is 17.3 Å². The van der Waals surface area contributed by atoms with Crippen molar-refractivity contribution in [3.63, 3.8) is 0 Å². The maximum Gasteiger partial charge on any atom is 0.343 e. The summed E-state index contributed by atoms with van der Waals surface area (Å²) in [6.45, 7) is 3.57. The number of ketones is 1. The van der Waals surface area contributed by atoms with Crippen LogP contribution in [0.4, 0.5) is 4.39 Å². The number of rotatable bonds is 2. The first kappa shape index (κ1) is 15.0. The van der Waals surface area contributed by atoms with Gasteiger partial charge in [-0.1, -0.05) is 0 Å². The molecular formula is C18H13FO4. The molecule has 116 valence electrons. The molecule has 0 bridgehead atoms. The Balaban J connectivity index is 1.83. The van der Waals surface area contributed by atoms with Gasteiger partial charge in [0.25, 0.3) is 0 Å². The minimum Gasteiger partial charge on any atom is -0.452 e. The first-order valence-corrected chi connectivity index (χ1v) is 6.97. The summed E-state index contributed by atoms with van der Waals surface area (Å²) in [5.41, 5.74) is 1.44. The summed E-state index contributed by atoms with van der Waals surface area (Å²) in [5.74, 6) is -0.327. The van der Waals surface area contributed by atoms with Crippen molar-refractivity contribution in [2.45, 2.75) is 13.8 Å². The summed E-state index contributed by atoms with van der Waals surface area (Å²) in [6.07, 6.45) is 0. The molecule has 0 radical (unpaired) electrons. The summed E-state index contributed by atoms with van der Waals surface area (Å²) in [4.78, 5) is 24.1. The maximum atomic E-state index is 12.9. The van der Waals surface area contributed by atoms with Crippen LogP contribution in [0.3, 0.4) is 0 Å². The molecule has 23 heavy (non-hydrogen) atoms. The summed E-state index contributed by atoms with van der Waals surface area (Å²) in [7, 11) is 0. The highest BCUT2D eigenvalue weighted by Gasteiger charge is 2.28. The number of ether oxygens (including phenoxy) is 2. The number of esters is 1. The standard InChI is InChI=1S/C18H13FO4/c1-10(2)17-16(20)14-8-7-13(9-15(14)23-17)22-18(21)11-3-5-12(19)6-4-11/h3-9H,1-2H3. The van der Waals surface area contributed by atoms with Crippen LogP contribution in [0.15, 0.2) is 53.8 Å². The van der Waals surface area contributed by atoms with Crippen molar-refractivity contribution in [2.24, 2.45) is 0 Å². The number of carbonyl (C=O) groups excluding carboxylic acids is 2. The van der Waals surface area contributed by atoms with Gasteiger partial charge in [-0.05, 0) is 55.8 Å². The third kappa shape index (κ3) is 2.85. The molecule has 0 unspecified atom stereocenters. The molecule has 0 atom stereocenters. The van der Waals surface area contributed by atoms with Crippen LogP contribution in [-0.2, 0) is 0 Å². The van der Waals surface area contributed by atoms with Crippen molar-refractivity contribution in [3.05, 3.63) is 70.7 Å². The van der Waals surface area contributed by atoms with E-state index in [4.69, 9.17) is 9.47 Å². The molecule has 0 N–H and O–H groups in total. The van der Waals surface area contributed by atoms with Gasteiger partial charge in [0.15, 0.2) is 5.76 Å². The van der Waals surface area contributed by atoms with E-state index in [0.717, 1.165) is 5.57 Å². The minimum absolute atomic E-state index is 0.184. The molecule has 0 aromatic heterocycles. The first-order valence-electron chi connectivity index (χ1n) is 6.97. The van der Waals surface area contributed by atoms with E-state index in [1.807, 2.05) is 0 Å². The van der Waals surface area contributed by atoms with E-state index in [-0.39, 0.29) is 17.1 Å². The number of Topliss-reactive ketones (excluding diaryl/α,β-unsaturated/α-hetero) is 1. The zero-order valence-electron chi connectivity index (χ0n) is 12.6. The maximum absolute atomic E-state index is 12.9. The van der Waals surface area contributed by atoms with Gasteiger partial charge in [-0.3, -0.25) is 4.79 Å². The highest BCUT2D eigenvalue weighted by molar-refractivity contribution is 6.12. The van der Waals surface area contributed by atoms with Crippen molar-refractivity contribution in [2.75, 3.05) is 0 Å². The van der Waals surface area contributed by atoms with E-state index in [2.05, 4.69) is 0 Å². The lowest BCUT2D eigenvalue weighted by Gasteiger charge is -2.05. The molecule has 1 aliphatic heterocycles. The Morgan fingerprint density at radius 1 is 1.09 bits per heavy atom. The number of allylic oxidation sites excluding steroid dienone is 2. The van der Waals surface area contributed by atoms with Crippen LogP contribution in [-0.4, -0.2) is 11.8 Å². The second-order valence-electron chi connectivity index (χ2n) is 5.31. The molecule has 2 aromatic rings. The fraction of sp³-hybridized carbons (Fsp3) is 0.111.